The fourth-order valence-corrected chi connectivity index (χ4v) is 3.66. The van der Waals surface area contributed by atoms with E-state index in [0.29, 0.717) is 11.3 Å². The van der Waals surface area contributed by atoms with Crippen LogP contribution in [0.1, 0.15) is 5.56 Å². The Morgan fingerprint density at radius 1 is 1.11 bits per heavy atom. The second-order valence-electron chi connectivity index (χ2n) is 6.84. The molecule has 1 aliphatic rings. The summed E-state index contributed by atoms with van der Waals surface area (Å²) in [6.45, 7) is 4.47. The standard InChI is InChI=1S/C21H21FN2O3/c1-26-18-6-7-19-15(12-21(25)27-20(19)13-18)14-23-8-10-24(11-9-23)17-4-2-16(22)3-5-17/h2-7,12-13H,8-11,14H2,1H3/p+1. The van der Waals surface area contributed by atoms with Gasteiger partial charge in [0, 0.05) is 28.8 Å². The van der Waals surface area contributed by atoms with Crippen molar-refractivity contribution >= 4 is 16.7 Å². The molecule has 0 amide bonds. The maximum atomic E-state index is 13.1. The van der Waals surface area contributed by atoms with Crippen LogP contribution in [-0.2, 0) is 6.54 Å². The van der Waals surface area contributed by atoms with Gasteiger partial charge in [-0.05, 0) is 36.4 Å². The molecule has 1 aliphatic heterocycles. The molecule has 0 unspecified atom stereocenters. The third kappa shape index (κ3) is 3.80. The van der Waals surface area contributed by atoms with Crippen LogP contribution in [0.15, 0.2) is 57.7 Å². The highest BCUT2D eigenvalue weighted by molar-refractivity contribution is 5.81. The molecule has 27 heavy (non-hydrogen) atoms. The molecule has 4 rings (SSSR count). The minimum atomic E-state index is -0.338. The van der Waals surface area contributed by atoms with Gasteiger partial charge in [0.2, 0.25) is 0 Å². The number of hydrogen-bond acceptors (Lipinski definition) is 4. The molecule has 140 valence electrons. The first-order chi connectivity index (χ1) is 13.1. The summed E-state index contributed by atoms with van der Waals surface area (Å²) in [4.78, 5) is 15.6. The lowest BCUT2D eigenvalue weighted by Crippen LogP contribution is -3.13. The quantitative estimate of drug-likeness (QED) is 0.713. The number of ether oxygens (including phenoxy) is 1. The Kier molecular flexibility index (Phi) is 4.81. The zero-order valence-electron chi connectivity index (χ0n) is 15.2. The molecule has 1 saturated heterocycles. The maximum absolute atomic E-state index is 13.1. The second-order valence-corrected chi connectivity index (χ2v) is 6.84. The van der Waals surface area contributed by atoms with E-state index in [9.17, 15) is 9.18 Å². The molecule has 0 radical (unpaired) electrons. The molecule has 1 aromatic heterocycles. The monoisotopic (exact) mass is 369 g/mol. The summed E-state index contributed by atoms with van der Waals surface area (Å²) < 4.78 is 23.7. The van der Waals surface area contributed by atoms with Gasteiger partial charge in [0.25, 0.3) is 0 Å². The van der Waals surface area contributed by atoms with Crippen LogP contribution < -0.4 is 20.2 Å². The van der Waals surface area contributed by atoms with Crippen molar-refractivity contribution in [2.75, 3.05) is 38.2 Å². The number of piperazine rings is 1. The Labute approximate surface area is 156 Å². The number of nitrogens with zero attached hydrogens (tertiary/aromatic N) is 1. The van der Waals surface area contributed by atoms with Crippen molar-refractivity contribution in [2.45, 2.75) is 6.54 Å². The van der Waals surface area contributed by atoms with Crippen LogP contribution in [0.4, 0.5) is 10.1 Å². The van der Waals surface area contributed by atoms with Gasteiger partial charge >= 0.3 is 5.63 Å². The summed E-state index contributed by atoms with van der Waals surface area (Å²) >= 11 is 0. The van der Waals surface area contributed by atoms with Crippen molar-refractivity contribution < 1.29 is 18.4 Å². The summed E-state index contributed by atoms with van der Waals surface area (Å²) in [5.74, 6) is 0.456. The van der Waals surface area contributed by atoms with E-state index in [2.05, 4.69) is 4.90 Å². The number of fused-ring (bicyclic) bond motifs is 1. The summed E-state index contributed by atoms with van der Waals surface area (Å²) in [6, 6.07) is 13.8. The molecule has 0 spiro atoms. The highest BCUT2D eigenvalue weighted by Gasteiger charge is 2.21. The third-order valence-electron chi connectivity index (χ3n) is 5.14. The Bertz CT molecular complexity index is 992. The highest BCUT2D eigenvalue weighted by Crippen LogP contribution is 2.22. The van der Waals surface area contributed by atoms with Gasteiger partial charge in [-0.3, -0.25) is 0 Å². The minimum Gasteiger partial charge on any atom is -0.497 e. The SMILES string of the molecule is COc1ccc2c(C[NH+]3CCN(c4ccc(F)cc4)CC3)cc(=O)oc2c1. The van der Waals surface area contributed by atoms with Gasteiger partial charge in [-0.1, -0.05) is 0 Å². The van der Waals surface area contributed by atoms with Gasteiger partial charge in [0.05, 0.1) is 33.3 Å². The lowest BCUT2D eigenvalue weighted by atomic mass is 10.1. The Morgan fingerprint density at radius 2 is 1.85 bits per heavy atom. The predicted molar refractivity (Wildman–Crippen MR) is 102 cm³/mol. The van der Waals surface area contributed by atoms with Gasteiger partial charge in [0.1, 0.15) is 23.7 Å². The van der Waals surface area contributed by atoms with E-state index in [0.717, 1.165) is 49.4 Å². The topological polar surface area (TPSA) is 47.1 Å². The predicted octanol–water partition coefficient (Wildman–Crippen LogP) is 1.85. The van der Waals surface area contributed by atoms with Crippen LogP contribution in [0.25, 0.3) is 11.0 Å². The summed E-state index contributed by atoms with van der Waals surface area (Å²) in [5.41, 5.74) is 2.26. The molecule has 5 nitrogen and oxygen atoms in total. The fourth-order valence-electron chi connectivity index (χ4n) is 3.66. The van der Waals surface area contributed by atoms with Crippen LogP contribution in [0.2, 0.25) is 0 Å². The maximum Gasteiger partial charge on any atom is 0.336 e. The van der Waals surface area contributed by atoms with Crippen molar-refractivity contribution in [3.8, 4) is 5.75 Å². The first-order valence-electron chi connectivity index (χ1n) is 9.07. The number of benzene rings is 2. The first kappa shape index (κ1) is 17.5. The van der Waals surface area contributed by atoms with Gasteiger partial charge < -0.3 is 19.0 Å². The van der Waals surface area contributed by atoms with E-state index in [4.69, 9.17) is 9.15 Å². The molecule has 3 aromatic rings. The van der Waals surface area contributed by atoms with E-state index in [1.54, 1.807) is 19.2 Å². The minimum absolute atomic E-state index is 0.213. The Hall–Kier alpha value is -2.86. The molecule has 2 aromatic carbocycles. The Balaban J connectivity index is 1.49. The largest absolute Gasteiger partial charge is 0.497 e. The number of hydrogen-bond donors (Lipinski definition) is 1. The van der Waals surface area contributed by atoms with E-state index in [-0.39, 0.29) is 11.4 Å². The number of methoxy groups -OCH3 is 1. The van der Waals surface area contributed by atoms with E-state index < -0.39 is 0 Å². The molecule has 1 N–H and O–H groups in total. The fraction of sp³-hybridized carbons (Fsp3) is 0.286. The lowest BCUT2D eigenvalue weighted by molar-refractivity contribution is -0.914. The molecule has 0 saturated carbocycles. The molecule has 0 bridgehead atoms. The van der Waals surface area contributed by atoms with Gasteiger partial charge in [-0.2, -0.15) is 0 Å². The van der Waals surface area contributed by atoms with Crippen molar-refractivity contribution in [3.05, 3.63) is 70.3 Å². The molecule has 0 aliphatic carbocycles. The number of halogens is 1. The van der Waals surface area contributed by atoms with E-state index >= 15 is 0 Å². The molecule has 1 fully saturated rings. The normalized spacial score (nSPS) is 15.3. The van der Waals surface area contributed by atoms with Crippen molar-refractivity contribution in [2.24, 2.45) is 0 Å². The molecule has 6 heteroatoms. The van der Waals surface area contributed by atoms with E-state index in [1.807, 2.05) is 24.3 Å². The smallest absolute Gasteiger partial charge is 0.336 e. The van der Waals surface area contributed by atoms with Crippen LogP contribution in [0.5, 0.6) is 5.75 Å². The van der Waals surface area contributed by atoms with Gasteiger partial charge in [0.15, 0.2) is 0 Å². The van der Waals surface area contributed by atoms with E-state index in [1.165, 1.54) is 17.0 Å². The molecule has 2 heterocycles. The zero-order valence-corrected chi connectivity index (χ0v) is 15.2. The van der Waals surface area contributed by atoms with Crippen LogP contribution in [0, 0.1) is 5.82 Å². The van der Waals surface area contributed by atoms with Crippen molar-refractivity contribution in [1.82, 2.24) is 0 Å². The lowest BCUT2D eigenvalue weighted by Gasteiger charge is -2.33. The van der Waals surface area contributed by atoms with Crippen LogP contribution in [-0.4, -0.2) is 33.3 Å². The Morgan fingerprint density at radius 3 is 2.56 bits per heavy atom. The number of anilines is 1. The summed E-state index contributed by atoms with van der Waals surface area (Å²) in [5, 5.41) is 0.948. The number of nitrogens with one attached hydrogen (secondary N) is 1. The van der Waals surface area contributed by atoms with Crippen molar-refractivity contribution in [1.29, 1.82) is 0 Å². The number of quaternary nitrogens is 1. The summed E-state index contributed by atoms with van der Waals surface area (Å²) in [6.07, 6.45) is 0. The third-order valence-corrected chi connectivity index (χ3v) is 5.14. The molecular formula is C21H22FN2O3+. The highest BCUT2D eigenvalue weighted by atomic mass is 19.1. The average molecular weight is 369 g/mol. The second kappa shape index (κ2) is 7.40. The summed E-state index contributed by atoms with van der Waals surface area (Å²) in [7, 11) is 1.59. The van der Waals surface area contributed by atoms with Crippen LogP contribution >= 0.6 is 0 Å². The van der Waals surface area contributed by atoms with Crippen molar-refractivity contribution in [3.63, 3.8) is 0 Å². The van der Waals surface area contributed by atoms with Crippen LogP contribution in [0.3, 0.4) is 0 Å². The van der Waals surface area contributed by atoms with Gasteiger partial charge in [-0.25, -0.2) is 9.18 Å². The average Bonchev–Trinajstić information content (AvgIpc) is 2.68. The number of rotatable bonds is 4. The van der Waals surface area contributed by atoms with Gasteiger partial charge in [-0.15, -0.1) is 0 Å². The zero-order chi connectivity index (χ0) is 18.8. The first-order valence-corrected chi connectivity index (χ1v) is 9.07. The molecular weight excluding hydrogens is 347 g/mol. The molecule has 0 atom stereocenters.